The van der Waals surface area contributed by atoms with Crippen LogP contribution in [0, 0.1) is 11.8 Å². The average molecular weight is 428 g/mol. The summed E-state index contributed by atoms with van der Waals surface area (Å²) < 4.78 is 0. The first-order valence-electron chi connectivity index (χ1n) is 9.91. The molecule has 9 heteroatoms. The summed E-state index contributed by atoms with van der Waals surface area (Å²) in [6, 6.07) is 1.57. The summed E-state index contributed by atoms with van der Waals surface area (Å²) in [5.74, 6) is -5.72. The minimum atomic E-state index is -2.49. The summed E-state index contributed by atoms with van der Waals surface area (Å²) in [6.45, 7) is 1.07. The molecule has 1 aromatic rings. The SMILES string of the molecule is CC(=O)C1=C(O)C2(O)C(=O)C3=C(O)c4c(O)c(N)cc(N(C)C)c4CC3CC2CC1=O. The number of allylic oxidation sites excluding steroid dienone is 1. The number of carbonyl (C=O) groups is 3. The van der Waals surface area contributed by atoms with Crippen molar-refractivity contribution in [1.82, 2.24) is 0 Å². The second-order valence-corrected chi connectivity index (χ2v) is 8.68. The number of aliphatic hydroxyl groups is 3. The van der Waals surface area contributed by atoms with Crippen molar-refractivity contribution in [2.75, 3.05) is 24.7 Å². The fourth-order valence-corrected chi connectivity index (χ4v) is 5.20. The molecule has 0 saturated heterocycles. The van der Waals surface area contributed by atoms with Gasteiger partial charge in [-0.25, -0.2) is 0 Å². The monoisotopic (exact) mass is 428 g/mol. The van der Waals surface area contributed by atoms with Crippen LogP contribution in [0.15, 0.2) is 23.0 Å². The number of hydrogen-bond donors (Lipinski definition) is 5. The minimum Gasteiger partial charge on any atom is -0.508 e. The number of rotatable bonds is 2. The highest BCUT2D eigenvalue weighted by Crippen LogP contribution is 2.53. The fraction of sp³-hybridized carbons (Fsp3) is 0.409. The van der Waals surface area contributed by atoms with Crippen LogP contribution < -0.4 is 10.6 Å². The molecule has 164 valence electrons. The van der Waals surface area contributed by atoms with E-state index in [1.54, 1.807) is 25.1 Å². The zero-order chi connectivity index (χ0) is 23.0. The number of phenols is 1. The molecule has 3 atom stereocenters. The van der Waals surface area contributed by atoms with Gasteiger partial charge in [0.1, 0.15) is 22.8 Å². The number of benzene rings is 1. The normalized spacial score (nSPS) is 27.6. The van der Waals surface area contributed by atoms with Gasteiger partial charge in [-0.1, -0.05) is 0 Å². The largest absolute Gasteiger partial charge is 0.508 e. The zero-order valence-electron chi connectivity index (χ0n) is 17.4. The highest BCUT2D eigenvalue weighted by atomic mass is 16.3. The maximum atomic E-state index is 13.4. The van der Waals surface area contributed by atoms with Crippen LogP contribution in [0.3, 0.4) is 0 Å². The van der Waals surface area contributed by atoms with Crippen LogP contribution in [0.4, 0.5) is 11.4 Å². The summed E-state index contributed by atoms with van der Waals surface area (Å²) in [7, 11) is 3.55. The number of phenolic OH excluding ortho intramolecular Hbond substituents is 1. The maximum absolute atomic E-state index is 13.4. The van der Waals surface area contributed by atoms with Crippen LogP contribution in [0.25, 0.3) is 5.76 Å². The Morgan fingerprint density at radius 3 is 2.42 bits per heavy atom. The number of anilines is 2. The van der Waals surface area contributed by atoms with Crippen molar-refractivity contribution in [1.29, 1.82) is 0 Å². The lowest BCUT2D eigenvalue weighted by Gasteiger charge is -2.46. The third-order valence-electron chi connectivity index (χ3n) is 6.66. The van der Waals surface area contributed by atoms with Crippen LogP contribution >= 0.6 is 0 Å². The smallest absolute Gasteiger partial charge is 0.202 e. The van der Waals surface area contributed by atoms with Gasteiger partial charge in [-0.15, -0.1) is 0 Å². The first-order valence-corrected chi connectivity index (χ1v) is 9.91. The van der Waals surface area contributed by atoms with E-state index in [0.717, 1.165) is 6.92 Å². The molecular weight excluding hydrogens is 404 g/mol. The average Bonchev–Trinajstić information content (AvgIpc) is 2.66. The van der Waals surface area contributed by atoms with E-state index in [-0.39, 0.29) is 41.8 Å². The number of nitrogens with zero attached hydrogens (tertiary/aromatic N) is 1. The highest BCUT2D eigenvalue weighted by Gasteiger charge is 2.60. The molecular formula is C22H24N2O7. The standard InChI is InChI=1S/C22H24N2O7/c1-8(25)15-14(26)6-10-4-9-5-11-13(24(2)3)7-12(23)18(27)17(11)19(28)16(9)21(30)22(10,31)20(15)29/h7,9-10,27-29,31H,4-6,23H2,1-3H3. The Balaban J connectivity index is 1.97. The van der Waals surface area contributed by atoms with E-state index >= 15 is 0 Å². The molecule has 6 N–H and O–H groups in total. The third kappa shape index (κ3) is 2.62. The van der Waals surface area contributed by atoms with E-state index < -0.39 is 51.9 Å². The van der Waals surface area contributed by atoms with Gasteiger partial charge in [0, 0.05) is 37.7 Å². The van der Waals surface area contributed by atoms with Gasteiger partial charge in [-0.3, -0.25) is 14.4 Å². The lowest BCUT2D eigenvalue weighted by Crippen LogP contribution is -2.57. The van der Waals surface area contributed by atoms with Crippen molar-refractivity contribution < 1.29 is 34.8 Å². The fourth-order valence-electron chi connectivity index (χ4n) is 5.20. The van der Waals surface area contributed by atoms with E-state index in [0.29, 0.717) is 11.3 Å². The lowest BCUT2D eigenvalue weighted by atomic mass is 9.59. The van der Waals surface area contributed by atoms with Crippen LogP contribution in [0.1, 0.15) is 30.9 Å². The number of fused-ring (bicyclic) bond motifs is 3. The van der Waals surface area contributed by atoms with Crippen LogP contribution in [-0.2, 0) is 20.8 Å². The maximum Gasteiger partial charge on any atom is 0.202 e. The first-order chi connectivity index (χ1) is 14.4. The summed E-state index contributed by atoms with van der Waals surface area (Å²) in [5.41, 5.74) is 3.93. The molecule has 0 aromatic heterocycles. The van der Waals surface area contributed by atoms with Crippen molar-refractivity contribution in [2.45, 2.75) is 31.8 Å². The van der Waals surface area contributed by atoms with Crippen molar-refractivity contribution in [3.05, 3.63) is 34.1 Å². The summed E-state index contributed by atoms with van der Waals surface area (Å²) in [4.78, 5) is 39.5. The molecule has 1 aromatic carbocycles. The van der Waals surface area contributed by atoms with Gasteiger partial charge in [-0.2, -0.15) is 0 Å². The Hall–Kier alpha value is -3.33. The van der Waals surface area contributed by atoms with E-state index in [2.05, 4.69) is 0 Å². The Kier molecular flexibility index (Phi) is 4.44. The van der Waals surface area contributed by atoms with Crippen LogP contribution in [-0.4, -0.2) is 57.5 Å². The topological polar surface area (TPSA) is 161 Å². The second kappa shape index (κ2) is 6.58. The number of carbonyl (C=O) groups excluding carboxylic acids is 3. The number of aromatic hydroxyl groups is 1. The van der Waals surface area contributed by atoms with Crippen molar-refractivity contribution >= 4 is 34.5 Å². The van der Waals surface area contributed by atoms with Crippen LogP contribution in [0.5, 0.6) is 5.75 Å². The predicted octanol–water partition coefficient (Wildman–Crippen LogP) is 1.18. The molecule has 4 rings (SSSR count). The van der Waals surface area contributed by atoms with Gasteiger partial charge in [0.05, 0.1) is 11.3 Å². The van der Waals surface area contributed by atoms with Crippen molar-refractivity contribution in [3.63, 3.8) is 0 Å². The van der Waals surface area contributed by atoms with Gasteiger partial charge in [0.15, 0.2) is 17.2 Å². The van der Waals surface area contributed by atoms with Gasteiger partial charge in [0.25, 0.3) is 0 Å². The molecule has 1 saturated carbocycles. The summed E-state index contributed by atoms with van der Waals surface area (Å²) in [6.07, 6.45) is 0.110. The Morgan fingerprint density at radius 1 is 1.19 bits per heavy atom. The summed E-state index contributed by atoms with van der Waals surface area (Å²) >= 11 is 0. The quantitative estimate of drug-likeness (QED) is 0.264. The number of nitrogen functional groups attached to an aromatic ring is 1. The van der Waals surface area contributed by atoms with Gasteiger partial charge in [0.2, 0.25) is 5.78 Å². The first kappa shape index (κ1) is 20.9. The Labute approximate surface area is 178 Å². The molecule has 1 fully saturated rings. The molecule has 0 aliphatic heterocycles. The van der Waals surface area contributed by atoms with Crippen molar-refractivity contribution in [2.24, 2.45) is 11.8 Å². The Bertz CT molecular complexity index is 1130. The highest BCUT2D eigenvalue weighted by molar-refractivity contribution is 6.23. The summed E-state index contributed by atoms with van der Waals surface area (Å²) in [5, 5.41) is 43.4. The van der Waals surface area contributed by atoms with Gasteiger partial charge >= 0.3 is 0 Å². The van der Waals surface area contributed by atoms with E-state index in [9.17, 15) is 34.8 Å². The van der Waals surface area contributed by atoms with Crippen molar-refractivity contribution in [3.8, 4) is 5.75 Å². The molecule has 0 bridgehead atoms. The van der Waals surface area contributed by atoms with E-state index in [1.165, 1.54) is 0 Å². The van der Waals surface area contributed by atoms with E-state index in [1.807, 2.05) is 0 Å². The molecule has 31 heavy (non-hydrogen) atoms. The molecule has 0 amide bonds. The predicted molar refractivity (Wildman–Crippen MR) is 112 cm³/mol. The lowest BCUT2D eigenvalue weighted by molar-refractivity contribution is -0.147. The number of Topliss-reactive ketones (excluding diaryl/α,β-unsaturated/α-hetero) is 3. The molecule has 0 heterocycles. The van der Waals surface area contributed by atoms with Gasteiger partial charge in [-0.05, 0) is 37.3 Å². The molecule has 3 unspecified atom stereocenters. The molecule has 3 aliphatic rings. The van der Waals surface area contributed by atoms with Gasteiger partial charge < -0.3 is 31.1 Å². The zero-order valence-corrected chi connectivity index (χ0v) is 17.4. The third-order valence-corrected chi connectivity index (χ3v) is 6.66. The second-order valence-electron chi connectivity index (χ2n) is 8.68. The minimum absolute atomic E-state index is 0.00694. The number of ketones is 3. The molecule has 3 aliphatic carbocycles. The van der Waals surface area contributed by atoms with Crippen LogP contribution in [0.2, 0.25) is 0 Å². The Morgan fingerprint density at radius 2 is 1.84 bits per heavy atom. The molecule has 0 spiro atoms. The molecule has 0 radical (unpaired) electrons. The number of hydrogen-bond acceptors (Lipinski definition) is 9. The molecule has 9 nitrogen and oxygen atoms in total. The number of aliphatic hydroxyl groups excluding tert-OH is 2. The van der Waals surface area contributed by atoms with E-state index in [4.69, 9.17) is 5.73 Å². The number of nitrogens with two attached hydrogens (primary N) is 1.